The molecular formula is C14H12BrCl2N. The van der Waals surface area contributed by atoms with E-state index in [1.54, 1.807) is 0 Å². The van der Waals surface area contributed by atoms with Crippen LogP contribution in [0, 0.1) is 6.92 Å². The van der Waals surface area contributed by atoms with Crippen molar-refractivity contribution in [3.8, 4) is 0 Å². The van der Waals surface area contributed by atoms with Crippen LogP contribution in [0.5, 0.6) is 0 Å². The highest BCUT2D eigenvalue weighted by Crippen LogP contribution is 2.24. The molecule has 0 radical (unpaired) electrons. The van der Waals surface area contributed by atoms with Crippen molar-refractivity contribution in [2.24, 2.45) is 0 Å². The molecule has 0 fully saturated rings. The van der Waals surface area contributed by atoms with E-state index in [0.717, 1.165) is 31.3 Å². The molecule has 1 N–H and O–H groups in total. The number of rotatable bonds is 3. The summed E-state index contributed by atoms with van der Waals surface area (Å²) in [5.74, 6) is 0. The minimum Gasteiger partial charge on any atom is -0.381 e. The molecule has 1 nitrogen and oxygen atoms in total. The highest BCUT2D eigenvalue weighted by Gasteiger charge is 2.02. The van der Waals surface area contributed by atoms with Crippen LogP contribution in [-0.2, 0) is 6.54 Å². The first-order chi connectivity index (χ1) is 8.56. The van der Waals surface area contributed by atoms with Crippen molar-refractivity contribution in [3.05, 3.63) is 62.0 Å². The molecule has 94 valence electrons. The Bertz CT molecular complexity index is 570. The molecule has 0 spiro atoms. The maximum Gasteiger partial charge on any atom is 0.0456 e. The summed E-state index contributed by atoms with van der Waals surface area (Å²) in [5.41, 5.74) is 3.10. The summed E-state index contributed by atoms with van der Waals surface area (Å²) in [6.07, 6.45) is 0. The van der Waals surface area contributed by atoms with Crippen LogP contribution in [0.25, 0.3) is 0 Å². The molecule has 0 aromatic heterocycles. The molecular weight excluding hydrogens is 333 g/mol. The zero-order valence-corrected chi connectivity index (χ0v) is 12.9. The van der Waals surface area contributed by atoms with Gasteiger partial charge in [0.2, 0.25) is 0 Å². The molecule has 4 heteroatoms. The lowest BCUT2D eigenvalue weighted by atomic mass is 10.2. The third-order valence-corrected chi connectivity index (χ3v) is 3.93. The maximum absolute atomic E-state index is 6.13. The topological polar surface area (TPSA) is 12.0 Å². The minimum absolute atomic E-state index is 0.664. The molecule has 2 aromatic rings. The number of halogens is 3. The zero-order chi connectivity index (χ0) is 13.1. The van der Waals surface area contributed by atoms with E-state index in [9.17, 15) is 0 Å². The molecule has 0 bridgehead atoms. The third kappa shape index (κ3) is 3.41. The normalized spacial score (nSPS) is 10.4. The highest BCUT2D eigenvalue weighted by atomic mass is 79.9. The summed E-state index contributed by atoms with van der Waals surface area (Å²) < 4.78 is 1.02. The summed E-state index contributed by atoms with van der Waals surface area (Å²) in [6.45, 7) is 2.65. The van der Waals surface area contributed by atoms with Crippen LogP contribution in [-0.4, -0.2) is 0 Å². The standard InChI is InChI=1S/C14H12BrCl2N/c1-9-2-4-12(7-14(9)17)18-8-10-6-11(15)3-5-13(10)16/h2-7,18H,8H2,1H3. The lowest BCUT2D eigenvalue weighted by Crippen LogP contribution is -2.00. The van der Waals surface area contributed by atoms with Gasteiger partial charge in [0.1, 0.15) is 0 Å². The Kier molecular flexibility index (Phi) is 4.55. The lowest BCUT2D eigenvalue weighted by Gasteiger charge is -2.09. The van der Waals surface area contributed by atoms with Crippen LogP contribution in [0.2, 0.25) is 10.0 Å². The van der Waals surface area contributed by atoms with Crippen LogP contribution < -0.4 is 5.32 Å². The molecule has 0 amide bonds. The van der Waals surface area contributed by atoms with Gasteiger partial charge >= 0.3 is 0 Å². The van der Waals surface area contributed by atoms with Crippen molar-refractivity contribution in [3.63, 3.8) is 0 Å². The fourth-order valence-corrected chi connectivity index (χ4v) is 2.35. The smallest absolute Gasteiger partial charge is 0.0456 e. The molecule has 2 rings (SSSR count). The van der Waals surface area contributed by atoms with E-state index in [1.165, 1.54) is 0 Å². The quantitative estimate of drug-likeness (QED) is 0.755. The summed E-state index contributed by atoms with van der Waals surface area (Å²) in [7, 11) is 0. The number of nitrogens with one attached hydrogen (secondary N) is 1. The summed E-state index contributed by atoms with van der Waals surface area (Å²) >= 11 is 15.6. The fourth-order valence-electron chi connectivity index (χ4n) is 1.58. The predicted molar refractivity (Wildman–Crippen MR) is 82.7 cm³/mol. The highest BCUT2D eigenvalue weighted by molar-refractivity contribution is 9.10. The molecule has 0 saturated carbocycles. The summed E-state index contributed by atoms with van der Waals surface area (Å²) in [4.78, 5) is 0. The number of anilines is 1. The molecule has 0 aliphatic rings. The Morgan fingerprint density at radius 1 is 1.06 bits per heavy atom. The average Bonchev–Trinajstić information content (AvgIpc) is 2.34. The van der Waals surface area contributed by atoms with Crippen LogP contribution in [0.15, 0.2) is 40.9 Å². The lowest BCUT2D eigenvalue weighted by molar-refractivity contribution is 1.14. The van der Waals surface area contributed by atoms with Crippen molar-refractivity contribution in [1.82, 2.24) is 0 Å². The second-order valence-corrected chi connectivity index (χ2v) is 5.78. The van der Waals surface area contributed by atoms with Crippen molar-refractivity contribution < 1.29 is 0 Å². The van der Waals surface area contributed by atoms with Gasteiger partial charge in [0.05, 0.1) is 0 Å². The van der Waals surface area contributed by atoms with Gasteiger partial charge < -0.3 is 5.32 Å². The largest absolute Gasteiger partial charge is 0.381 e. The molecule has 0 unspecified atom stereocenters. The Labute approximate surface area is 125 Å². The average molecular weight is 345 g/mol. The Hall–Kier alpha value is -0.700. The summed E-state index contributed by atoms with van der Waals surface area (Å²) in [6, 6.07) is 11.7. The van der Waals surface area contributed by atoms with Gasteiger partial charge in [0.25, 0.3) is 0 Å². The minimum atomic E-state index is 0.664. The Morgan fingerprint density at radius 2 is 1.83 bits per heavy atom. The van der Waals surface area contributed by atoms with Gasteiger partial charge in [-0.05, 0) is 48.4 Å². The Morgan fingerprint density at radius 3 is 2.56 bits per heavy atom. The molecule has 0 atom stereocenters. The first kappa shape index (κ1) is 13.7. The fraction of sp³-hybridized carbons (Fsp3) is 0.143. The van der Waals surface area contributed by atoms with Gasteiger partial charge in [0.15, 0.2) is 0 Å². The predicted octanol–water partition coefficient (Wildman–Crippen LogP) is 5.68. The molecule has 0 saturated heterocycles. The number of hydrogen-bond donors (Lipinski definition) is 1. The van der Waals surface area contributed by atoms with Gasteiger partial charge in [-0.2, -0.15) is 0 Å². The van der Waals surface area contributed by atoms with E-state index in [1.807, 2.05) is 43.3 Å². The van der Waals surface area contributed by atoms with E-state index in [4.69, 9.17) is 23.2 Å². The third-order valence-electron chi connectivity index (χ3n) is 2.66. The first-order valence-electron chi connectivity index (χ1n) is 5.50. The van der Waals surface area contributed by atoms with Crippen LogP contribution in [0.4, 0.5) is 5.69 Å². The molecule has 0 aliphatic heterocycles. The van der Waals surface area contributed by atoms with E-state index in [0.29, 0.717) is 6.54 Å². The molecule has 18 heavy (non-hydrogen) atoms. The zero-order valence-electron chi connectivity index (χ0n) is 9.81. The van der Waals surface area contributed by atoms with Crippen LogP contribution >= 0.6 is 39.1 Å². The molecule has 2 aromatic carbocycles. The van der Waals surface area contributed by atoms with E-state index in [2.05, 4.69) is 21.2 Å². The van der Waals surface area contributed by atoms with E-state index in [-0.39, 0.29) is 0 Å². The SMILES string of the molecule is Cc1ccc(NCc2cc(Br)ccc2Cl)cc1Cl. The van der Waals surface area contributed by atoms with Crippen LogP contribution in [0.1, 0.15) is 11.1 Å². The first-order valence-corrected chi connectivity index (χ1v) is 7.05. The Balaban J connectivity index is 2.11. The number of hydrogen-bond acceptors (Lipinski definition) is 1. The van der Waals surface area contributed by atoms with E-state index < -0.39 is 0 Å². The van der Waals surface area contributed by atoms with Gasteiger partial charge in [-0.15, -0.1) is 0 Å². The molecule has 0 heterocycles. The summed E-state index contributed by atoms with van der Waals surface area (Å²) in [5, 5.41) is 4.83. The second kappa shape index (κ2) is 5.96. The van der Waals surface area contributed by atoms with Crippen LogP contribution in [0.3, 0.4) is 0 Å². The number of aryl methyl sites for hydroxylation is 1. The van der Waals surface area contributed by atoms with Gasteiger partial charge in [-0.3, -0.25) is 0 Å². The second-order valence-electron chi connectivity index (χ2n) is 4.05. The van der Waals surface area contributed by atoms with Crippen molar-refractivity contribution in [2.45, 2.75) is 13.5 Å². The molecule has 0 aliphatic carbocycles. The number of benzene rings is 2. The maximum atomic E-state index is 6.13. The van der Waals surface area contributed by atoms with Crippen molar-refractivity contribution >= 4 is 44.8 Å². The monoisotopic (exact) mass is 343 g/mol. The van der Waals surface area contributed by atoms with E-state index >= 15 is 0 Å². The van der Waals surface area contributed by atoms with Gasteiger partial charge in [0, 0.05) is 26.8 Å². The van der Waals surface area contributed by atoms with Gasteiger partial charge in [-0.25, -0.2) is 0 Å². The van der Waals surface area contributed by atoms with Crippen molar-refractivity contribution in [1.29, 1.82) is 0 Å². The van der Waals surface area contributed by atoms with Gasteiger partial charge in [-0.1, -0.05) is 45.2 Å². The van der Waals surface area contributed by atoms with Crippen molar-refractivity contribution in [2.75, 3.05) is 5.32 Å².